The van der Waals surface area contributed by atoms with Gasteiger partial charge in [0.1, 0.15) is 12.4 Å². The fourth-order valence-electron chi connectivity index (χ4n) is 5.45. The van der Waals surface area contributed by atoms with Crippen molar-refractivity contribution in [3.05, 3.63) is 69.4 Å². The number of alkyl halides is 3. The third-order valence-corrected chi connectivity index (χ3v) is 8.30. The minimum atomic E-state index is -4.57. The van der Waals surface area contributed by atoms with Crippen molar-refractivity contribution in [3.8, 4) is 0 Å². The van der Waals surface area contributed by atoms with Crippen molar-refractivity contribution < 1.29 is 31.9 Å². The Morgan fingerprint density at radius 2 is 1.73 bits per heavy atom. The molecule has 224 valence electrons. The van der Waals surface area contributed by atoms with Gasteiger partial charge in [-0.25, -0.2) is 4.39 Å². The number of piperazine rings is 1. The first kappa shape index (κ1) is 31.4. The molecule has 41 heavy (non-hydrogen) atoms. The minimum Gasteiger partial charge on any atom is -0.375 e. The van der Waals surface area contributed by atoms with E-state index >= 15 is 0 Å². The molecule has 0 radical (unpaired) electrons. The van der Waals surface area contributed by atoms with E-state index in [1.807, 2.05) is 4.90 Å². The van der Waals surface area contributed by atoms with Crippen LogP contribution in [-0.2, 0) is 15.7 Å². The van der Waals surface area contributed by atoms with Crippen LogP contribution in [0.2, 0.25) is 0 Å². The van der Waals surface area contributed by atoms with Crippen molar-refractivity contribution in [2.75, 3.05) is 73.1 Å². The van der Waals surface area contributed by atoms with Gasteiger partial charge in [-0.2, -0.15) is 13.2 Å². The number of likely N-dealkylation sites (tertiary alicyclic amines) is 1. The quantitative estimate of drug-likeness (QED) is 0.361. The second-order valence-corrected chi connectivity index (χ2v) is 11.6. The zero-order valence-electron chi connectivity index (χ0n) is 23.2. The van der Waals surface area contributed by atoms with E-state index in [2.05, 4.69) is 25.7 Å². The molecule has 7 nitrogen and oxygen atoms in total. The normalized spacial score (nSPS) is 17.8. The van der Waals surface area contributed by atoms with Crippen LogP contribution in [0.1, 0.15) is 33.8 Å². The number of ether oxygens (including phenoxy) is 1. The van der Waals surface area contributed by atoms with Crippen LogP contribution in [0.4, 0.5) is 17.6 Å². The van der Waals surface area contributed by atoms with Gasteiger partial charge in [0, 0.05) is 82.0 Å². The number of likely N-dealkylation sites (N-methyl/N-ethyl adjacent to an activating group) is 1. The number of rotatable bonds is 10. The van der Waals surface area contributed by atoms with E-state index < -0.39 is 17.6 Å². The van der Waals surface area contributed by atoms with Crippen LogP contribution < -0.4 is 0 Å². The molecule has 2 saturated heterocycles. The van der Waals surface area contributed by atoms with E-state index in [0.29, 0.717) is 25.6 Å². The number of carbonyl (C=O) groups is 2. The first-order valence-corrected chi connectivity index (χ1v) is 14.4. The van der Waals surface area contributed by atoms with E-state index in [1.54, 1.807) is 19.2 Å². The van der Waals surface area contributed by atoms with Crippen LogP contribution in [-0.4, -0.2) is 111 Å². The van der Waals surface area contributed by atoms with Crippen molar-refractivity contribution in [3.63, 3.8) is 0 Å². The summed E-state index contributed by atoms with van der Waals surface area (Å²) in [5, 5.41) is 0. The third-order valence-electron chi connectivity index (χ3n) is 7.84. The molecule has 0 bridgehead atoms. The Kier molecular flexibility index (Phi) is 10.4. The maximum Gasteiger partial charge on any atom is 0.416 e. The Morgan fingerprint density at radius 1 is 1.07 bits per heavy atom. The fraction of sp³-hybridized carbons (Fsp3) is 0.517. The molecule has 0 aliphatic carbocycles. The van der Waals surface area contributed by atoms with Crippen LogP contribution in [0, 0.1) is 5.82 Å². The highest BCUT2D eigenvalue weighted by Gasteiger charge is 2.35. The molecule has 2 aromatic carbocycles. The molecule has 2 fully saturated rings. The van der Waals surface area contributed by atoms with E-state index in [9.17, 15) is 27.2 Å². The average Bonchev–Trinajstić information content (AvgIpc) is 2.91. The lowest BCUT2D eigenvalue weighted by molar-refractivity contribution is -0.138. The van der Waals surface area contributed by atoms with Crippen molar-refractivity contribution >= 4 is 27.7 Å². The lowest BCUT2D eigenvalue weighted by atomic mass is 9.93. The molecule has 2 aliphatic heterocycles. The van der Waals surface area contributed by atoms with Gasteiger partial charge in [-0.15, -0.1) is 0 Å². The monoisotopic (exact) mass is 642 g/mol. The highest BCUT2D eigenvalue weighted by molar-refractivity contribution is 9.10. The largest absolute Gasteiger partial charge is 0.416 e. The number of benzene rings is 2. The van der Waals surface area contributed by atoms with Crippen molar-refractivity contribution in [1.82, 2.24) is 19.6 Å². The Labute approximate surface area is 246 Å². The maximum atomic E-state index is 13.6. The zero-order valence-corrected chi connectivity index (χ0v) is 24.8. The minimum absolute atomic E-state index is 0.0124. The van der Waals surface area contributed by atoms with Crippen molar-refractivity contribution in [2.45, 2.75) is 24.6 Å². The summed E-state index contributed by atoms with van der Waals surface area (Å²) in [4.78, 5) is 33.2. The molecular formula is C29H35BrF4N4O3. The number of hydrogen-bond donors (Lipinski definition) is 0. The molecule has 0 spiro atoms. The van der Waals surface area contributed by atoms with E-state index in [-0.39, 0.29) is 40.8 Å². The maximum absolute atomic E-state index is 13.6. The van der Waals surface area contributed by atoms with Gasteiger partial charge in [-0.05, 0) is 48.9 Å². The molecule has 0 aromatic heterocycles. The summed E-state index contributed by atoms with van der Waals surface area (Å²) < 4.78 is 58.7. The molecular weight excluding hydrogens is 608 g/mol. The third kappa shape index (κ3) is 8.27. The number of amides is 2. The lowest BCUT2D eigenvalue weighted by Gasteiger charge is -2.48. The molecule has 1 atom stereocenters. The number of halogens is 5. The summed E-state index contributed by atoms with van der Waals surface area (Å²) in [7, 11) is 3.09. The molecule has 2 heterocycles. The second-order valence-electron chi connectivity index (χ2n) is 10.7. The predicted octanol–water partition coefficient (Wildman–Crippen LogP) is 4.33. The second kappa shape index (κ2) is 13.6. The SMILES string of the molecule is COCC(=O)N1CCN(C2CN(CC[C@H](CN(C)C(=O)c3cc(Br)cc(C(F)(F)F)c3)c3ccc(F)cc3)C2)CC1. The van der Waals surface area contributed by atoms with Crippen LogP contribution in [0.3, 0.4) is 0 Å². The average molecular weight is 644 g/mol. The van der Waals surface area contributed by atoms with Crippen LogP contribution in [0.15, 0.2) is 46.9 Å². The first-order chi connectivity index (χ1) is 19.4. The first-order valence-electron chi connectivity index (χ1n) is 13.6. The summed E-state index contributed by atoms with van der Waals surface area (Å²) in [6.07, 6.45) is -3.88. The van der Waals surface area contributed by atoms with Crippen LogP contribution in [0.5, 0.6) is 0 Å². The molecule has 2 aliphatic rings. The topological polar surface area (TPSA) is 56.3 Å². The summed E-state index contributed by atoms with van der Waals surface area (Å²) >= 11 is 3.08. The van der Waals surface area contributed by atoms with Gasteiger partial charge in [0.25, 0.3) is 5.91 Å². The van der Waals surface area contributed by atoms with Crippen LogP contribution >= 0.6 is 15.9 Å². The number of methoxy groups -OCH3 is 1. The van der Waals surface area contributed by atoms with Gasteiger partial charge >= 0.3 is 6.18 Å². The van der Waals surface area contributed by atoms with Gasteiger partial charge in [0.05, 0.1) is 5.56 Å². The van der Waals surface area contributed by atoms with Gasteiger partial charge in [-0.3, -0.25) is 14.5 Å². The molecule has 4 rings (SSSR count). The predicted molar refractivity (Wildman–Crippen MR) is 150 cm³/mol. The molecule has 2 amide bonds. The van der Waals surface area contributed by atoms with Gasteiger partial charge < -0.3 is 19.4 Å². The Morgan fingerprint density at radius 3 is 2.34 bits per heavy atom. The number of nitrogens with zero attached hydrogens (tertiary/aromatic N) is 4. The highest BCUT2D eigenvalue weighted by atomic mass is 79.9. The molecule has 0 N–H and O–H groups in total. The number of hydrogen-bond acceptors (Lipinski definition) is 5. The Bertz CT molecular complexity index is 1200. The van der Waals surface area contributed by atoms with Crippen LogP contribution in [0.25, 0.3) is 0 Å². The zero-order chi connectivity index (χ0) is 29.7. The summed E-state index contributed by atoms with van der Waals surface area (Å²) in [6.45, 7) is 5.96. The van der Waals surface area contributed by atoms with Gasteiger partial charge in [-0.1, -0.05) is 28.1 Å². The lowest BCUT2D eigenvalue weighted by Crippen LogP contribution is -2.63. The molecule has 0 saturated carbocycles. The Hall–Kier alpha value is -2.54. The van der Waals surface area contributed by atoms with E-state index in [4.69, 9.17) is 4.74 Å². The molecule has 2 aromatic rings. The number of carbonyl (C=O) groups excluding carboxylic acids is 2. The van der Waals surface area contributed by atoms with Crippen molar-refractivity contribution in [2.24, 2.45) is 0 Å². The van der Waals surface area contributed by atoms with E-state index in [1.165, 1.54) is 30.2 Å². The molecule has 12 heteroatoms. The highest BCUT2D eigenvalue weighted by Crippen LogP contribution is 2.32. The van der Waals surface area contributed by atoms with Gasteiger partial charge in [0.15, 0.2) is 0 Å². The summed E-state index contributed by atoms with van der Waals surface area (Å²) in [5.41, 5.74) is -0.0825. The smallest absolute Gasteiger partial charge is 0.375 e. The summed E-state index contributed by atoms with van der Waals surface area (Å²) in [5.74, 6) is -0.997. The molecule has 0 unspecified atom stereocenters. The summed E-state index contributed by atoms with van der Waals surface area (Å²) in [6, 6.07) is 9.76. The van der Waals surface area contributed by atoms with E-state index in [0.717, 1.165) is 50.4 Å². The van der Waals surface area contributed by atoms with Gasteiger partial charge in [0.2, 0.25) is 5.91 Å². The van der Waals surface area contributed by atoms with Crippen molar-refractivity contribution in [1.29, 1.82) is 0 Å². The standard InChI is InChI=1S/C29H35BrF4N4O3/c1-35(28(40)22-13-23(29(32,33)34)15-24(30)14-22)16-21(20-3-5-25(31)6-4-20)7-8-36-17-26(18-36)37-9-11-38(12-10-37)27(39)19-41-2/h3-6,13-15,21,26H,7-12,16-19H2,1-2H3/t21-/m1/s1. The fourth-order valence-corrected chi connectivity index (χ4v) is 5.95. The Balaban J connectivity index is 1.34.